The number of carbonyl (C=O) groups excluding carboxylic acids is 1. The third kappa shape index (κ3) is 4.22. The predicted octanol–water partition coefficient (Wildman–Crippen LogP) is 3.20. The first kappa shape index (κ1) is 19.8. The molecule has 3 aromatic rings. The number of aromatic nitrogens is 5. The lowest BCUT2D eigenvalue weighted by Gasteiger charge is -2.26. The number of fused-ring (bicyclic) bond motifs is 1. The van der Waals surface area contributed by atoms with Crippen LogP contribution < -0.4 is 15.5 Å². The molecule has 0 spiro atoms. The van der Waals surface area contributed by atoms with Gasteiger partial charge in [0.25, 0.3) is 0 Å². The summed E-state index contributed by atoms with van der Waals surface area (Å²) in [4.78, 5) is 24.4. The summed E-state index contributed by atoms with van der Waals surface area (Å²) in [5, 5.41) is 13.9. The molecule has 1 aliphatic heterocycles. The zero-order chi connectivity index (χ0) is 21.6. The predicted molar refractivity (Wildman–Crippen MR) is 120 cm³/mol. The fourth-order valence-electron chi connectivity index (χ4n) is 4.00. The lowest BCUT2D eigenvalue weighted by molar-refractivity contribution is -0.122. The van der Waals surface area contributed by atoms with E-state index in [1.54, 1.807) is 0 Å². The van der Waals surface area contributed by atoms with Gasteiger partial charge in [0.15, 0.2) is 5.82 Å². The van der Waals surface area contributed by atoms with E-state index in [-0.39, 0.29) is 17.4 Å². The van der Waals surface area contributed by atoms with Crippen molar-refractivity contribution in [1.29, 1.82) is 0 Å². The molecule has 2 aliphatic rings. The number of hydrogen-bond donors (Lipinski definition) is 3. The highest BCUT2D eigenvalue weighted by molar-refractivity contribution is 5.85. The van der Waals surface area contributed by atoms with Gasteiger partial charge >= 0.3 is 0 Å². The molecule has 0 radical (unpaired) electrons. The van der Waals surface area contributed by atoms with Crippen molar-refractivity contribution in [3.63, 3.8) is 0 Å². The number of nitrogens with one attached hydrogen (secondary N) is 3. The fourth-order valence-corrected chi connectivity index (χ4v) is 4.00. The highest BCUT2D eigenvalue weighted by Crippen LogP contribution is 2.39. The molecule has 1 saturated heterocycles. The standard InChI is InChI=1S/C22H30N8O/c1-22(2,3)13-23-19(31)16-6-4-10-29(16)21-25-18-7-5-11-30(18)20(26-21)24-17-12-15(27-28-17)14-8-9-14/h5,7,11-12,14,16H,4,6,8-10,13H2,1-3H3,(H,23,31)(H2,24,25,26,27,28)/t16-/m0/s1. The lowest BCUT2D eigenvalue weighted by Crippen LogP contribution is -2.46. The Morgan fingerprint density at radius 2 is 2.10 bits per heavy atom. The molecule has 0 bridgehead atoms. The van der Waals surface area contributed by atoms with Crippen molar-refractivity contribution in [3.05, 3.63) is 30.1 Å². The normalized spacial score (nSPS) is 19.2. The molecule has 9 heteroatoms. The minimum Gasteiger partial charge on any atom is -0.354 e. The second kappa shape index (κ2) is 7.55. The Labute approximate surface area is 181 Å². The number of H-pyrrole nitrogens is 1. The SMILES string of the molecule is CC(C)(C)CNC(=O)[C@@H]1CCCN1c1nc(Nc2cc(C3CC3)[nH]n2)n2cccc2n1. The summed E-state index contributed by atoms with van der Waals surface area (Å²) < 4.78 is 1.90. The molecule has 1 atom stereocenters. The second-order valence-corrected chi connectivity index (χ2v) is 9.82. The van der Waals surface area contributed by atoms with Crippen LogP contribution in [0.4, 0.5) is 17.7 Å². The maximum absolute atomic E-state index is 12.9. The van der Waals surface area contributed by atoms with E-state index >= 15 is 0 Å². The molecular weight excluding hydrogens is 392 g/mol. The van der Waals surface area contributed by atoms with Crippen LogP contribution in [-0.4, -0.2) is 49.6 Å². The van der Waals surface area contributed by atoms with Crippen molar-refractivity contribution >= 4 is 29.3 Å². The van der Waals surface area contributed by atoms with E-state index < -0.39 is 0 Å². The van der Waals surface area contributed by atoms with Gasteiger partial charge in [-0.05, 0) is 43.2 Å². The maximum Gasteiger partial charge on any atom is 0.242 e. The number of nitrogens with zero attached hydrogens (tertiary/aromatic N) is 5. The van der Waals surface area contributed by atoms with Crippen LogP contribution in [-0.2, 0) is 4.79 Å². The van der Waals surface area contributed by atoms with Crippen LogP contribution in [0.5, 0.6) is 0 Å². The smallest absolute Gasteiger partial charge is 0.242 e. The molecule has 3 N–H and O–H groups in total. The molecule has 0 unspecified atom stereocenters. The summed E-state index contributed by atoms with van der Waals surface area (Å²) in [6.45, 7) is 7.75. The van der Waals surface area contributed by atoms with Crippen molar-refractivity contribution in [2.24, 2.45) is 5.41 Å². The van der Waals surface area contributed by atoms with Crippen molar-refractivity contribution < 1.29 is 4.79 Å². The number of carbonyl (C=O) groups is 1. The molecule has 3 aromatic heterocycles. The number of aromatic amines is 1. The summed E-state index contributed by atoms with van der Waals surface area (Å²) in [5.41, 5.74) is 1.99. The summed E-state index contributed by atoms with van der Waals surface area (Å²) in [7, 11) is 0. The van der Waals surface area contributed by atoms with E-state index in [1.165, 1.54) is 12.8 Å². The van der Waals surface area contributed by atoms with Gasteiger partial charge in [0.1, 0.15) is 11.7 Å². The van der Waals surface area contributed by atoms with Crippen LogP contribution in [0.15, 0.2) is 24.4 Å². The van der Waals surface area contributed by atoms with Crippen LogP contribution in [0.1, 0.15) is 58.1 Å². The number of hydrogen-bond acceptors (Lipinski definition) is 6. The molecule has 164 valence electrons. The van der Waals surface area contributed by atoms with Crippen LogP contribution in [0.2, 0.25) is 0 Å². The van der Waals surface area contributed by atoms with Crippen LogP contribution in [0, 0.1) is 5.41 Å². The highest BCUT2D eigenvalue weighted by atomic mass is 16.2. The summed E-state index contributed by atoms with van der Waals surface area (Å²) in [5.74, 6) is 2.59. The van der Waals surface area contributed by atoms with E-state index in [2.05, 4.69) is 41.6 Å². The molecule has 1 saturated carbocycles. The number of rotatable bonds is 6. The first-order valence-electron chi connectivity index (χ1n) is 11.1. The molecule has 31 heavy (non-hydrogen) atoms. The van der Waals surface area contributed by atoms with Crippen LogP contribution in [0.3, 0.4) is 0 Å². The third-order valence-electron chi connectivity index (χ3n) is 5.84. The van der Waals surface area contributed by atoms with Crippen molar-refractivity contribution in [2.45, 2.75) is 58.4 Å². The summed E-state index contributed by atoms with van der Waals surface area (Å²) in [6.07, 6.45) is 6.10. The van der Waals surface area contributed by atoms with Gasteiger partial charge in [0.05, 0.1) is 0 Å². The number of amides is 1. The zero-order valence-corrected chi connectivity index (χ0v) is 18.4. The maximum atomic E-state index is 12.9. The average molecular weight is 423 g/mol. The van der Waals surface area contributed by atoms with Gasteiger partial charge in [-0.1, -0.05) is 20.8 Å². The Kier molecular flexibility index (Phi) is 4.83. The first-order chi connectivity index (χ1) is 14.9. The fraction of sp³-hybridized carbons (Fsp3) is 0.545. The van der Waals surface area contributed by atoms with Crippen molar-refractivity contribution in [2.75, 3.05) is 23.3 Å². The molecule has 1 amide bonds. The molecule has 9 nitrogen and oxygen atoms in total. The Balaban J connectivity index is 1.40. The third-order valence-corrected chi connectivity index (χ3v) is 5.84. The van der Waals surface area contributed by atoms with Crippen LogP contribution in [0.25, 0.3) is 5.65 Å². The van der Waals surface area contributed by atoms with Gasteiger partial charge in [-0.3, -0.25) is 14.3 Å². The molecule has 5 rings (SSSR count). The molecule has 1 aliphatic carbocycles. The molecule has 2 fully saturated rings. The van der Waals surface area contributed by atoms with Crippen LogP contribution >= 0.6 is 0 Å². The van der Waals surface area contributed by atoms with Gasteiger partial charge in [-0.2, -0.15) is 15.1 Å². The lowest BCUT2D eigenvalue weighted by atomic mass is 9.97. The van der Waals surface area contributed by atoms with E-state index in [1.807, 2.05) is 33.7 Å². The first-order valence-corrected chi connectivity index (χ1v) is 11.1. The largest absolute Gasteiger partial charge is 0.354 e. The Hall–Kier alpha value is -3.10. The van der Waals surface area contributed by atoms with Crippen molar-refractivity contribution in [3.8, 4) is 0 Å². The quantitative estimate of drug-likeness (QED) is 0.564. The van der Waals surface area contributed by atoms with Gasteiger partial charge < -0.3 is 15.5 Å². The van der Waals surface area contributed by atoms with E-state index in [0.29, 0.717) is 24.4 Å². The van der Waals surface area contributed by atoms with E-state index in [0.717, 1.165) is 36.5 Å². The van der Waals surface area contributed by atoms with Gasteiger partial charge in [0.2, 0.25) is 17.8 Å². The second-order valence-electron chi connectivity index (χ2n) is 9.82. The monoisotopic (exact) mass is 422 g/mol. The minimum absolute atomic E-state index is 0.0421. The Bertz CT molecular complexity index is 1090. The minimum atomic E-state index is -0.250. The van der Waals surface area contributed by atoms with Gasteiger partial charge in [-0.25, -0.2) is 0 Å². The van der Waals surface area contributed by atoms with E-state index in [4.69, 9.17) is 9.97 Å². The molecule has 4 heterocycles. The average Bonchev–Trinajstić information content (AvgIpc) is 3.12. The van der Waals surface area contributed by atoms with Crippen molar-refractivity contribution in [1.82, 2.24) is 29.9 Å². The van der Waals surface area contributed by atoms with Gasteiger partial charge in [-0.15, -0.1) is 0 Å². The zero-order valence-electron chi connectivity index (χ0n) is 18.4. The van der Waals surface area contributed by atoms with Gasteiger partial charge in [0, 0.05) is 37.0 Å². The summed E-state index contributed by atoms with van der Waals surface area (Å²) >= 11 is 0. The molecule has 0 aromatic carbocycles. The van der Waals surface area contributed by atoms with E-state index in [9.17, 15) is 4.79 Å². The Morgan fingerprint density at radius 3 is 2.87 bits per heavy atom. The number of anilines is 3. The topological polar surface area (TPSA) is 103 Å². The summed E-state index contributed by atoms with van der Waals surface area (Å²) in [6, 6.07) is 5.69. The Morgan fingerprint density at radius 1 is 1.26 bits per heavy atom. The highest BCUT2D eigenvalue weighted by Gasteiger charge is 2.33. The molecular formula is C22H30N8O.